The summed E-state index contributed by atoms with van der Waals surface area (Å²) in [6.45, 7) is 4.97. The summed E-state index contributed by atoms with van der Waals surface area (Å²) in [5, 5.41) is 4.15. The fourth-order valence-electron chi connectivity index (χ4n) is 2.02. The van der Waals surface area contributed by atoms with Gasteiger partial charge in [-0.2, -0.15) is 5.10 Å². The lowest BCUT2D eigenvalue weighted by molar-refractivity contribution is 0.580. The van der Waals surface area contributed by atoms with Crippen LogP contribution in [0.1, 0.15) is 29.9 Å². The fourth-order valence-corrected chi connectivity index (χ4v) is 2.02. The van der Waals surface area contributed by atoms with Gasteiger partial charge in [0.05, 0.1) is 0 Å². The zero-order chi connectivity index (χ0) is 12.3. The predicted octanol–water partition coefficient (Wildman–Crippen LogP) is 1.85. The number of hydrogen-bond acceptors (Lipinski definition) is 3. The molecular weight excluding hydrogens is 212 g/mol. The first-order valence-corrected chi connectivity index (χ1v) is 5.90. The molecule has 2 rings (SSSR count). The van der Waals surface area contributed by atoms with Gasteiger partial charge in [0, 0.05) is 19.0 Å². The lowest BCUT2D eigenvalue weighted by atomic mass is 9.99. The molecule has 0 aliphatic heterocycles. The number of aromatic nitrogens is 3. The first-order chi connectivity index (χ1) is 8.22. The summed E-state index contributed by atoms with van der Waals surface area (Å²) in [4.78, 5) is 4.25. The number of hydrogen-bond donors (Lipinski definition) is 1. The number of rotatable bonds is 4. The van der Waals surface area contributed by atoms with Gasteiger partial charge >= 0.3 is 0 Å². The molecule has 1 atom stereocenters. The summed E-state index contributed by atoms with van der Waals surface area (Å²) >= 11 is 0. The summed E-state index contributed by atoms with van der Waals surface area (Å²) in [5.74, 6) is 0.947. The van der Waals surface area contributed by atoms with E-state index in [1.54, 1.807) is 6.33 Å². The molecule has 17 heavy (non-hydrogen) atoms. The van der Waals surface area contributed by atoms with E-state index in [-0.39, 0.29) is 6.04 Å². The molecule has 1 heterocycles. The standard InChI is InChI=1S/C13H18N4/c1-3-17-13(15-9-16-17)8-12(14)11-7-5-4-6-10(11)2/h4-7,9,12H,3,8,14H2,1-2H3. The Balaban J connectivity index is 2.17. The Morgan fingerprint density at radius 1 is 1.35 bits per heavy atom. The van der Waals surface area contributed by atoms with E-state index in [2.05, 4.69) is 36.1 Å². The maximum Gasteiger partial charge on any atom is 0.138 e. The predicted molar refractivity (Wildman–Crippen MR) is 67.5 cm³/mol. The molecule has 0 radical (unpaired) electrons. The smallest absolute Gasteiger partial charge is 0.138 e. The van der Waals surface area contributed by atoms with E-state index < -0.39 is 0 Å². The van der Waals surface area contributed by atoms with Crippen LogP contribution in [0, 0.1) is 6.92 Å². The third-order valence-electron chi connectivity index (χ3n) is 2.99. The quantitative estimate of drug-likeness (QED) is 0.872. The van der Waals surface area contributed by atoms with Crippen LogP contribution in [0.15, 0.2) is 30.6 Å². The minimum atomic E-state index is -0.0225. The molecule has 1 aromatic carbocycles. The van der Waals surface area contributed by atoms with Gasteiger partial charge in [0.25, 0.3) is 0 Å². The van der Waals surface area contributed by atoms with Crippen LogP contribution in [-0.4, -0.2) is 14.8 Å². The van der Waals surface area contributed by atoms with Gasteiger partial charge in [-0.25, -0.2) is 4.98 Å². The Hall–Kier alpha value is -1.68. The Morgan fingerprint density at radius 3 is 2.82 bits per heavy atom. The summed E-state index contributed by atoms with van der Waals surface area (Å²) in [6.07, 6.45) is 2.31. The van der Waals surface area contributed by atoms with Crippen molar-refractivity contribution in [2.75, 3.05) is 0 Å². The third-order valence-corrected chi connectivity index (χ3v) is 2.99. The first-order valence-electron chi connectivity index (χ1n) is 5.90. The maximum atomic E-state index is 6.23. The van der Waals surface area contributed by atoms with Gasteiger partial charge in [0.15, 0.2) is 0 Å². The first kappa shape index (κ1) is 11.8. The van der Waals surface area contributed by atoms with Gasteiger partial charge in [-0.1, -0.05) is 24.3 Å². The third kappa shape index (κ3) is 2.53. The van der Waals surface area contributed by atoms with Crippen molar-refractivity contribution in [3.05, 3.63) is 47.5 Å². The SMILES string of the molecule is CCn1ncnc1CC(N)c1ccccc1C. The van der Waals surface area contributed by atoms with Crippen LogP contribution in [0.3, 0.4) is 0 Å². The van der Waals surface area contributed by atoms with Crippen LogP contribution in [0.5, 0.6) is 0 Å². The second kappa shape index (κ2) is 5.10. The van der Waals surface area contributed by atoms with Crippen LogP contribution < -0.4 is 5.73 Å². The highest BCUT2D eigenvalue weighted by Gasteiger charge is 2.12. The lowest BCUT2D eigenvalue weighted by Crippen LogP contribution is -2.17. The highest BCUT2D eigenvalue weighted by atomic mass is 15.3. The molecule has 1 aromatic heterocycles. The van der Waals surface area contributed by atoms with Gasteiger partial charge in [0.2, 0.25) is 0 Å². The Kier molecular flexibility index (Phi) is 3.54. The Labute approximate surface area is 101 Å². The summed E-state index contributed by atoms with van der Waals surface area (Å²) in [6, 6.07) is 8.19. The summed E-state index contributed by atoms with van der Waals surface area (Å²) in [5.41, 5.74) is 8.63. The normalized spacial score (nSPS) is 12.6. The van der Waals surface area contributed by atoms with Crippen molar-refractivity contribution >= 4 is 0 Å². The lowest BCUT2D eigenvalue weighted by Gasteiger charge is -2.14. The number of nitrogens with two attached hydrogens (primary N) is 1. The topological polar surface area (TPSA) is 56.7 Å². The van der Waals surface area contributed by atoms with Gasteiger partial charge in [-0.05, 0) is 25.0 Å². The molecule has 4 heteroatoms. The zero-order valence-corrected chi connectivity index (χ0v) is 10.3. The van der Waals surface area contributed by atoms with Crippen molar-refractivity contribution in [1.82, 2.24) is 14.8 Å². The molecule has 0 aliphatic carbocycles. The number of benzene rings is 1. The highest BCUT2D eigenvalue weighted by molar-refractivity contribution is 5.28. The molecule has 0 bridgehead atoms. The van der Waals surface area contributed by atoms with Crippen LogP contribution in [0.25, 0.3) is 0 Å². The largest absolute Gasteiger partial charge is 0.324 e. The van der Waals surface area contributed by atoms with Gasteiger partial charge in [-0.3, -0.25) is 4.68 Å². The maximum absolute atomic E-state index is 6.23. The van der Waals surface area contributed by atoms with E-state index in [4.69, 9.17) is 5.73 Å². The molecule has 4 nitrogen and oxygen atoms in total. The monoisotopic (exact) mass is 230 g/mol. The molecule has 2 aromatic rings. The van der Waals surface area contributed by atoms with E-state index in [0.29, 0.717) is 0 Å². The van der Waals surface area contributed by atoms with Gasteiger partial charge in [0.1, 0.15) is 12.2 Å². The Morgan fingerprint density at radius 2 is 2.12 bits per heavy atom. The van der Waals surface area contributed by atoms with Crippen LogP contribution >= 0.6 is 0 Å². The molecule has 2 N–H and O–H groups in total. The average Bonchev–Trinajstić information content (AvgIpc) is 2.76. The zero-order valence-electron chi connectivity index (χ0n) is 10.3. The second-order valence-corrected chi connectivity index (χ2v) is 4.16. The van der Waals surface area contributed by atoms with E-state index in [1.807, 2.05) is 16.8 Å². The van der Waals surface area contributed by atoms with Gasteiger partial charge < -0.3 is 5.73 Å². The number of aryl methyl sites for hydroxylation is 2. The van der Waals surface area contributed by atoms with E-state index in [9.17, 15) is 0 Å². The van der Waals surface area contributed by atoms with Crippen LogP contribution in [-0.2, 0) is 13.0 Å². The number of nitrogens with zero attached hydrogens (tertiary/aromatic N) is 3. The minimum absolute atomic E-state index is 0.0225. The molecule has 1 unspecified atom stereocenters. The molecule has 0 amide bonds. The van der Waals surface area contributed by atoms with Crippen molar-refractivity contribution in [1.29, 1.82) is 0 Å². The fraction of sp³-hybridized carbons (Fsp3) is 0.385. The van der Waals surface area contributed by atoms with Crippen molar-refractivity contribution in [3.63, 3.8) is 0 Å². The molecule has 0 saturated carbocycles. The van der Waals surface area contributed by atoms with E-state index in [1.165, 1.54) is 11.1 Å². The highest BCUT2D eigenvalue weighted by Crippen LogP contribution is 2.18. The van der Waals surface area contributed by atoms with Gasteiger partial charge in [-0.15, -0.1) is 0 Å². The minimum Gasteiger partial charge on any atom is -0.324 e. The van der Waals surface area contributed by atoms with Crippen molar-refractivity contribution in [2.24, 2.45) is 5.73 Å². The van der Waals surface area contributed by atoms with Crippen LogP contribution in [0.2, 0.25) is 0 Å². The molecule has 0 fully saturated rings. The summed E-state index contributed by atoms with van der Waals surface area (Å²) in [7, 11) is 0. The molecule has 0 saturated heterocycles. The van der Waals surface area contributed by atoms with Crippen molar-refractivity contribution < 1.29 is 0 Å². The second-order valence-electron chi connectivity index (χ2n) is 4.16. The molecule has 0 aliphatic rings. The molecular formula is C13H18N4. The summed E-state index contributed by atoms with van der Waals surface area (Å²) < 4.78 is 1.89. The molecule has 90 valence electrons. The van der Waals surface area contributed by atoms with E-state index >= 15 is 0 Å². The van der Waals surface area contributed by atoms with Crippen molar-refractivity contribution in [2.45, 2.75) is 32.9 Å². The molecule has 0 spiro atoms. The van der Waals surface area contributed by atoms with E-state index in [0.717, 1.165) is 18.8 Å². The Bertz CT molecular complexity index is 490. The van der Waals surface area contributed by atoms with Crippen LogP contribution in [0.4, 0.5) is 0 Å². The average molecular weight is 230 g/mol. The van der Waals surface area contributed by atoms with Crippen molar-refractivity contribution in [3.8, 4) is 0 Å².